The van der Waals surface area contributed by atoms with Gasteiger partial charge in [-0.05, 0) is 6.42 Å². The Kier molecular flexibility index (Phi) is 3.22. The second kappa shape index (κ2) is 4.40. The molecule has 0 bridgehead atoms. The third-order valence-electron chi connectivity index (χ3n) is 1.53. The lowest BCUT2D eigenvalue weighted by Gasteiger charge is -2.03. The standard InChI is InChI=1S/C8H11N3O3/c1-2-5-14-7-4-3-6(11(12)13)8(9)10-7/h3-4H,2,5H2,1H3,(H2,9,10). The maximum absolute atomic E-state index is 10.4. The fourth-order valence-corrected chi connectivity index (χ4v) is 0.890. The number of nitrogens with two attached hydrogens (primary N) is 1. The maximum Gasteiger partial charge on any atom is 0.311 e. The summed E-state index contributed by atoms with van der Waals surface area (Å²) in [6.45, 7) is 2.47. The van der Waals surface area contributed by atoms with Gasteiger partial charge in [0, 0.05) is 12.1 Å². The highest BCUT2D eigenvalue weighted by Crippen LogP contribution is 2.21. The van der Waals surface area contributed by atoms with Crippen molar-refractivity contribution in [1.82, 2.24) is 4.98 Å². The van der Waals surface area contributed by atoms with Crippen LogP contribution in [0.2, 0.25) is 0 Å². The van der Waals surface area contributed by atoms with E-state index in [0.29, 0.717) is 12.5 Å². The van der Waals surface area contributed by atoms with Crippen LogP contribution in [0.4, 0.5) is 11.5 Å². The summed E-state index contributed by atoms with van der Waals surface area (Å²) in [6, 6.07) is 2.72. The Morgan fingerprint density at radius 3 is 2.86 bits per heavy atom. The monoisotopic (exact) mass is 197 g/mol. The van der Waals surface area contributed by atoms with Gasteiger partial charge in [0.25, 0.3) is 0 Å². The van der Waals surface area contributed by atoms with Crippen LogP contribution >= 0.6 is 0 Å². The molecule has 6 nitrogen and oxygen atoms in total. The molecule has 0 saturated heterocycles. The SMILES string of the molecule is CCCOc1ccc([N+](=O)[O-])c(N)n1. The smallest absolute Gasteiger partial charge is 0.311 e. The van der Waals surface area contributed by atoms with Gasteiger partial charge in [0.15, 0.2) is 0 Å². The number of ether oxygens (including phenoxy) is 1. The molecule has 1 aromatic heterocycles. The van der Waals surface area contributed by atoms with E-state index in [1.807, 2.05) is 6.92 Å². The summed E-state index contributed by atoms with van der Waals surface area (Å²) in [5.74, 6) is 0.193. The molecule has 1 rings (SSSR count). The molecule has 76 valence electrons. The number of nitrogen functional groups attached to an aromatic ring is 1. The van der Waals surface area contributed by atoms with Gasteiger partial charge in [0.1, 0.15) is 0 Å². The first-order chi connectivity index (χ1) is 6.65. The molecule has 1 heterocycles. The molecule has 0 radical (unpaired) electrons. The number of hydrogen-bond donors (Lipinski definition) is 1. The van der Waals surface area contributed by atoms with Crippen molar-refractivity contribution in [3.05, 3.63) is 22.2 Å². The van der Waals surface area contributed by atoms with E-state index in [1.54, 1.807) is 0 Å². The molecular weight excluding hydrogens is 186 g/mol. The Balaban J connectivity index is 2.83. The number of nitrogens with zero attached hydrogens (tertiary/aromatic N) is 2. The normalized spacial score (nSPS) is 9.79. The summed E-state index contributed by atoms with van der Waals surface area (Å²) in [6.07, 6.45) is 0.846. The third-order valence-corrected chi connectivity index (χ3v) is 1.53. The van der Waals surface area contributed by atoms with E-state index in [0.717, 1.165) is 6.42 Å². The largest absolute Gasteiger partial charge is 0.478 e. The van der Waals surface area contributed by atoms with E-state index in [2.05, 4.69) is 4.98 Å². The van der Waals surface area contributed by atoms with Crippen molar-refractivity contribution in [2.75, 3.05) is 12.3 Å². The van der Waals surface area contributed by atoms with Crippen molar-refractivity contribution in [3.8, 4) is 5.88 Å². The van der Waals surface area contributed by atoms with Crippen LogP contribution in [-0.4, -0.2) is 16.5 Å². The Bertz CT molecular complexity index is 341. The van der Waals surface area contributed by atoms with Gasteiger partial charge in [-0.1, -0.05) is 6.92 Å². The van der Waals surface area contributed by atoms with Crippen LogP contribution in [-0.2, 0) is 0 Å². The van der Waals surface area contributed by atoms with Gasteiger partial charge in [-0.15, -0.1) is 0 Å². The second-order valence-corrected chi connectivity index (χ2v) is 2.66. The summed E-state index contributed by atoms with van der Waals surface area (Å²) < 4.78 is 5.16. The van der Waals surface area contributed by atoms with Crippen molar-refractivity contribution in [3.63, 3.8) is 0 Å². The van der Waals surface area contributed by atoms with Gasteiger partial charge in [-0.3, -0.25) is 10.1 Å². The van der Waals surface area contributed by atoms with E-state index >= 15 is 0 Å². The minimum Gasteiger partial charge on any atom is -0.478 e. The first-order valence-corrected chi connectivity index (χ1v) is 4.19. The van der Waals surface area contributed by atoms with Crippen molar-refractivity contribution in [2.45, 2.75) is 13.3 Å². The van der Waals surface area contributed by atoms with E-state index < -0.39 is 4.92 Å². The Morgan fingerprint density at radius 2 is 2.36 bits per heavy atom. The minimum absolute atomic E-state index is 0.122. The Hall–Kier alpha value is -1.85. The quantitative estimate of drug-likeness (QED) is 0.581. The fourth-order valence-electron chi connectivity index (χ4n) is 0.890. The van der Waals surface area contributed by atoms with E-state index in [1.165, 1.54) is 12.1 Å². The lowest BCUT2D eigenvalue weighted by Crippen LogP contribution is -2.02. The first-order valence-electron chi connectivity index (χ1n) is 4.19. The van der Waals surface area contributed by atoms with Gasteiger partial charge in [0.05, 0.1) is 11.5 Å². The number of nitro groups is 1. The highest BCUT2D eigenvalue weighted by atomic mass is 16.6. The summed E-state index contributed by atoms with van der Waals surface area (Å²) in [4.78, 5) is 13.6. The fraction of sp³-hybridized carbons (Fsp3) is 0.375. The predicted octanol–water partition coefficient (Wildman–Crippen LogP) is 1.36. The molecule has 0 aromatic carbocycles. The molecule has 0 fully saturated rings. The number of pyridine rings is 1. The van der Waals surface area contributed by atoms with E-state index in [-0.39, 0.29) is 11.5 Å². The van der Waals surface area contributed by atoms with Crippen molar-refractivity contribution in [2.24, 2.45) is 0 Å². The van der Waals surface area contributed by atoms with Gasteiger partial charge in [0.2, 0.25) is 11.7 Å². The zero-order valence-corrected chi connectivity index (χ0v) is 7.77. The van der Waals surface area contributed by atoms with Crippen LogP contribution in [0.5, 0.6) is 5.88 Å². The van der Waals surface area contributed by atoms with Crippen LogP contribution < -0.4 is 10.5 Å². The summed E-state index contributed by atoms with van der Waals surface area (Å²) >= 11 is 0. The molecule has 0 unspecified atom stereocenters. The number of anilines is 1. The van der Waals surface area contributed by atoms with Crippen molar-refractivity contribution >= 4 is 11.5 Å². The minimum atomic E-state index is -0.577. The highest BCUT2D eigenvalue weighted by Gasteiger charge is 2.12. The van der Waals surface area contributed by atoms with Crippen LogP contribution in [0.1, 0.15) is 13.3 Å². The molecular formula is C8H11N3O3. The molecule has 0 aliphatic carbocycles. The molecule has 6 heteroatoms. The predicted molar refractivity (Wildman–Crippen MR) is 51.1 cm³/mol. The molecule has 0 spiro atoms. The molecule has 14 heavy (non-hydrogen) atoms. The molecule has 2 N–H and O–H groups in total. The summed E-state index contributed by atoms with van der Waals surface area (Å²) in [5.41, 5.74) is 5.16. The molecule has 0 aliphatic heterocycles. The topological polar surface area (TPSA) is 91.3 Å². The third kappa shape index (κ3) is 2.32. The highest BCUT2D eigenvalue weighted by molar-refractivity contribution is 5.53. The number of hydrogen-bond acceptors (Lipinski definition) is 5. The van der Waals surface area contributed by atoms with Gasteiger partial charge in [-0.2, -0.15) is 4.98 Å². The lowest BCUT2D eigenvalue weighted by atomic mass is 10.4. The van der Waals surface area contributed by atoms with Gasteiger partial charge in [-0.25, -0.2) is 0 Å². The average molecular weight is 197 g/mol. The summed E-state index contributed by atoms with van der Waals surface area (Å²) in [7, 11) is 0. The van der Waals surface area contributed by atoms with E-state index in [4.69, 9.17) is 10.5 Å². The zero-order valence-electron chi connectivity index (χ0n) is 7.77. The molecule has 0 aliphatic rings. The number of aromatic nitrogens is 1. The van der Waals surface area contributed by atoms with Gasteiger partial charge >= 0.3 is 5.69 Å². The van der Waals surface area contributed by atoms with Crippen molar-refractivity contribution in [1.29, 1.82) is 0 Å². The lowest BCUT2D eigenvalue weighted by molar-refractivity contribution is -0.384. The summed E-state index contributed by atoms with van der Waals surface area (Å²) in [5, 5.41) is 10.4. The van der Waals surface area contributed by atoms with Crippen LogP contribution in [0, 0.1) is 10.1 Å². The van der Waals surface area contributed by atoms with E-state index in [9.17, 15) is 10.1 Å². The van der Waals surface area contributed by atoms with Crippen LogP contribution in [0.25, 0.3) is 0 Å². The molecule has 0 amide bonds. The first kappa shape index (κ1) is 10.2. The maximum atomic E-state index is 10.4. The van der Waals surface area contributed by atoms with Crippen LogP contribution in [0.3, 0.4) is 0 Å². The zero-order chi connectivity index (χ0) is 10.6. The Morgan fingerprint density at radius 1 is 1.64 bits per heavy atom. The van der Waals surface area contributed by atoms with Crippen molar-refractivity contribution < 1.29 is 9.66 Å². The second-order valence-electron chi connectivity index (χ2n) is 2.66. The molecule has 0 saturated carbocycles. The average Bonchev–Trinajstić information content (AvgIpc) is 2.14. The number of rotatable bonds is 4. The van der Waals surface area contributed by atoms with Gasteiger partial charge < -0.3 is 10.5 Å². The van der Waals surface area contributed by atoms with Crippen LogP contribution in [0.15, 0.2) is 12.1 Å². The Labute approximate surface area is 80.9 Å². The molecule has 1 aromatic rings. The molecule has 0 atom stereocenters.